The highest BCUT2D eigenvalue weighted by Gasteiger charge is 2.17. The van der Waals surface area contributed by atoms with Crippen molar-refractivity contribution in [1.82, 2.24) is 5.43 Å². The van der Waals surface area contributed by atoms with Crippen molar-refractivity contribution < 1.29 is 15.0 Å². The smallest absolute Gasteiger partial charge is 0.275 e. The van der Waals surface area contributed by atoms with Crippen LogP contribution in [0.2, 0.25) is 0 Å². The predicted molar refractivity (Wildman–Crippen MR) is 72.3 cm³/mol. The van der Waals surface area contributed by atoms with E-state index in [-0.39, 0.29) is 17.1 Å². The Hall–Kier alpha value is -2.04. The number of benzene rings is 1. The van der Waals surface area contributed by atoms with Gasteiger partial charge in [-0.05, 0) is 37.3 Å². The van der Waals surface area contributed by atoms with Gasteiger partial charge in [-0.2, -0.15) is 5.10 Å². The van der Waals surface area contributed by atoms with Gasteiger partial charge in [-0.1, -0.05) is 13.3 Å². The summed E-state index contributed by atoms with van der Waals surface area (Å²) in [6.07, 6.45) is 4.30. The van der Waals surface area contributed by atoms with Gasteiger partial charge in [0.15, 0.2) is 0 Å². The summed E-state index contributed by atoms with van der Waals surface area (Å²) >= 11 is 0. The van der Waals surface area contributed by atoms with Gasteiger partial charge in [-0.25, -0.2) is 5.43 Å². The van der Waals surface area contributed by atoms with Gasteiger partial charge in [-0.3, -0.25) is 4.79 Å². The zero-order valence-corrected chi connectivity index (χ0v) is 10.9. The van der Waals surface area contributed by atoms with Crippen LogP contribution in [0.3, 0.4) is 0 Å². The lowest BCUT2D eigenvalue weighted by Crippen LogP contribution is -2.24. The van der Waals surface area contributed by atoms with E-state index in [9.17, 15) is 9.90 Å². The van der Waals surface area contributed by atoms with Gasteiger partial charge in [0.1, 0.15) is 11.5 Å². The van der Waals surface area contributed by atoms with Crippen LogP contribution in [0.15, 0.2) is 23.3 Å². The first kappa shape index (κ1) is 13.4. The van der Waals surface area contributed by atoms with E-state index >= 15 is 0 Å². The van der Waals surface area contributed by atoms with Crippen LogP contribution in [-0.2, 0) is 0 Å². The van der Waals surface area contributed by atoms with E-state index in [4.69, 9.17) is 5.11 Å². The average molecular weight is 262 g/mol. The Morgan fingerprint density at radius 1 is 1.37 bits per heavy atom. The second-order valence-corrected chi connectivity index (χ2v) is 4.89. The minimum absolute atomic E-state index is 0.0822. The molecule has 1 aliphatic rings. The molecule has 1 fully saturated rings. The third kappa shape index (κ3) is 3.24. The van der Waals surface area contributed by atoms with Crippen molar-refractivity contribution in [3.8, 4) is 11.5 Å². The number of phenols is 2. The monoisotopic (exact) mass is 262 g/mol. The summed E-state index contributed by atoms with van der Waals surface area (Å²) in [5, 5.41) is 22.9. The van der Waals surface area contributed by atoms with Crippen LogP contribution in [-0.4, -0.2) is 21.8 Å². The SMILES string of the molecule is CC1CCCC/C1=N\NC(=O)c1ccc(O)cc1O. The van der Waals surface area contributed by atoms with Crippen molar-refractivity contribution in [1.29, 1.82) is 0 Å². The van der Waals surface area contributed by atoms with Gasteiger partial charge in [0.25, 0.3) is 5.91 Å². The number of carbonyl (C=O) groups excluding carboxylic acids is 1. The molecule has 3 N–H and O–H groups in total. The number of phenolic OH excluding ortho intramolecular Hbond substituents is 2. The molecule has 5 nitrogen and oxygen atoms in total. The Balaban J connectivity index is 2.06. The van der Waals surface area contributed by atoms with Crippen molar-refractivity contribution in [3.05, 3.63) is 23.8 Å². The number of hydrogen-bond donors (Lipinski definition) is 3. The van der Waals surface area contributed by atoms with E-state index in [0.717, 1.165) is 31.0 Å². The molecular formula is C14H18N2O3. The molecule has 0 heterocycles. The molecule has 0 radical (unpaired) electrons. The number of rotatable bonds is 2. The molecule has 0 spiro atoms. The highest BCUT2D eigenvalue weighted by atomic mass is 16.3. The van der Waals surface area contributed by atoms with Crippen molar-refractivity contribution >= 4 is 11.6 Å². The first-order chi connectivity index (χ1) is 9.08. The Bertz CT molecular complexity index is 511. The molecule has 0 aliphatic heterocycles. The molecule has 5 heteroatoms. The number of carbonyl (C=O) groups is 1. The lowest BCUT2D eigenvalue weighted by Gasteiger charge is -2.19. The third-order valence-electron chi connectivity index (χ3n) is 3.42. The Morgan fingerprint density at radius 3 is 2.84 bits per heavy atom. The standard InChI is InChI=1S/C14H18N2O3/c1-9-4-2-3-5-12(9)15-16-14(19)11-7-6-10(17)8-13(11)18/h6-9,17-18H,2-5H2,1H3,(H,16,19)/b15-12+. The first-order valence-corrected chi connectivity index (χ1v) is 6.46. The molecule has 19 heavy (non-hydrogen) atoms. The number of hydrogen-bond acceptors (Lipinski definition) is 4. The average Bonchev–Trinajstić information content (AvgIpc) is 2.37. The van der Waals surface area contributed by atoms with Crippen molar-refractivity contribution in [2.24, 2.45) is 11.0 Å². The fourth-order valence-electron chi connectivity index (χ4n) is 2.23. The normalized spacial score (nSPS) is 21.3. The number of amides is 1. The number of hydrazone groups is 1. The van der Waals surface area contributed by atoms with Gasteiger partial charge < -0.3 is 10.2 Å². The molecule has 1 atom stereocenters. The second kappa shape index (κ2) is 5.73. The Labute approximate surface area is 112 Å². The van der Waals surface area contributed by atoms with E-state index in [1.54, 1.807) is 0 Å². The first-order valence-electron chi connectivity index (χ1n) is 6.46. The van der Waals surface area contributed by atoms with Gasteiger partial charge in [0, 0.05) is 11.8 Å². The minimum Gasteiger partial charge on any atom is -0.508 e. The van der Waals surface area contributed by atoms with Crippen LogP contribution in [0.25, 0.3) is 0 Å². The maximum atomic E-state index is 11.9. The molecule has 0 bridgehead atoms. The zero-order valence-electron chi connectivity index (χ0n) is 10.9. The summed E-state index contributed by atoms with van der Waals surface area (Å²) in [5.41, 5.74) is 3.57. The molecule has 0 saturated heterocycles. The molecule has 1 aromatic carbocycles. The van der Waals surface area contributed by atoms with Gasteiger partial charge in [-0.15, -0.1) is 0 Å². The molecule has 102 valence electrons. The Morgan fingerprint density at radius 2 is 2.16 bits per heavy atom. The predicted octanol–water partition coefficient (Wildman–Crippen LogP) is 2.39. The van der Waals surface area contributed by atoms with Crippen LogP contribution < -0.4 is 5.43 Å². The summed E-state index contributed by atoms with van der Waals surface area (Å²) in [6.45, 7) is 2.10. The largest absolute Gasteiger partial charge is 0.508 e. The molecule has 1 saturated carbocycles. The van der Waals surface area contributed by atoms with Gasteiger partial charge >= 0.3 is 0 Å². The summed E-state index contributed by atoms with van der Waals surface area (Å²) in [6, 6.07) is 3.85. The highest BCUT2D eigenvalue weighted by molar-refractivity contribution is 5.98. The second-order valence-electron chi connectivity index (χ2n) is 4.89. The van der Waals surface area contributed by atoms with Crippen LogP contribution in [0.5, 0.6) is 11.5 Å². The maximum Gasteiger partial charge on any atom is 0.275 e. The van der Waals surface area contributed by atoms with Gasteiger partial charge in [0.2, 0.25) is 0 Å². The lowest BCUT2D eigenvalue weighted by atomic mass is 9.89. The fraction of sp³-hybridized carbons (Fsp3) is 0.429. The summed E-state index contributed by atoms with van der Waals surface area (Å²) in [4.78, 5) is 11.9. The van der Waals surface area contributed by atoms with E-state index < -0.39 is 5.91 Å². The van der Waals surface area contributed by atoms with Crippen molar-refractivity contribution in [2.75, 3.05) is 0 Å². The van der Waals surface area contributed by atoms with Crippen LogP contribution in [0, 0.1) is 5.92 Å². The third-order valence-corrected chi connectivity index (χ3v) is 3.42. The van der Waals surface area contributed by atoms with E-state index in [0.29, 0.717) is 5.92 Å². The van der Waals surface area contributed by atoms with Crippen molar-refractivity contribution in [2.45, 2.75) is 32.6 Å². The minimum atomic E-state index is -0.470. The molecule has 0 aromatic heterocycles. The molecule has 1 aliphatic carbocycles. The van der Waals surface area contributed by atoms with Gasteiger partial charge in [0.05, 0.1) is 5.56 Å². The van der Waals surface area contributed by atoms with E-state index in [1.165, 1.54) is 18.6 Å². The van der Waals surface area contributed by atoms with Crippen LogP contribution in [0.1, 0.15) is 43.0 Å². The summed E-state index contributed by atoms with van der Waals surface area (Å²) in [5.74, 6) is -0.416. The number of aromatic hydroxyl groups is 2. The van der Waals surface area contributed by atoms with E-state index in [1.807, 2.05) is 0 Å². The highest BCUT2D eigenvalue weighted by Crippen LogP contribution is 2.23. The fourth-order valence-corrected chi connectivity index (χ4v) is 2.23. The maximum absolute atomic E-state index is 11.9. The van der Waals surface area contributed by atoms with E-state index in [2.05, 4.69) is 17.5 Å². The molecule has 1 unspecified atom stereocenters. The van der Waals surface area contributed by atoms with Crippen LogP contribution >= 0.6 is 0 Å². The summed E-state index contributed by atoms with van der Waals surface area (Å²) < 4.78 is 0. The zero-order chi connectivity index (χ0) is 13.8. The van der Waals surface area contributed by atoms with Crippen LogP contribution in [0.4, 0.5) is 0 Å². The molecule has 2 rings (SSSR count). The lowest BCUT2D eigenvalue weighted by molar-refractivity contribution is 0.0951. The molecular weight excluding hydrogens is 244 g/mol. The topological polar surface area (TPSA) is 81.9 Å². The van der Waals surface area contributed by atoms with Crippen molar-refractivity contribution in [3.63, 3.8) is 0 Å². The molecule has 1 aromatic rings. The number of nitrogens with zero attached hydrogens (tertiary/aromatic N) is 1. The number of nitrogens with one attached hydrogen (secondary N) is 1. The quantitative estimate of drug-likeness (QED) is 0.716. The Kier molecular flexibility index (Phi) is 4.04. The summed E-state index contributed by atoms with van der Waals surface area (Å²) in [7, 11) is 0. The molecule has 1 amide bonds.